The van der Waals surface area contributed by atoms with Gasteiger partial charge >= 0.3 is 0 Å². The van der Waals surface area contributed by atoms with Crippen LogP contribution in [0.4, 0.5) is 0 Å². The zero-order valence-corrected chi connectivity index (χ0v) is 11.3. The topological polar surface area (TPSA) is 30.9 Å². The Balaban J connectivity index is 2.28. The first-order chi connectivity index (χ1) is 7.76. The van der Waals surface area contributed by atoms with E-state index in [1.807, 2.05) is 11.8 Å². The molecule has 0 aliphatic heterocycles. The highest BCUT2D eigenvalue weighted by Crippen LogP contribution is 2.08. The minimum atomic E-state index is 0.312. The fourth-order valence-electron chi connectivity index (χ4n) is 1.69. The summed E-state index contributed by atoms with van der Waals surface area (Å²) in [6, 6.07) is 2.51. The molecule has 0 radical (unpaired) electrons. The maximum absolute atomic E-state index is 5.94. The van der Waals surface area contributed by atoms with Crippen molar-refractivity contribution >= 4 is 11.8 Å². The number of rotatable bonds is 8. The Morgan fingerprint density at radius 3 is 2.94 bits per heavy atom. The Morgan fingerprint density at radius 2 is 2.25 bits per heavy atom. The summed E-state index contributed by atoms with van der Waals surface area (Å²) in [5.74, 6) is 2.49. The Labute approximate surface area is 104 Å². The van der Waals surface area contributed by atoms with Crippen LogP contribution in [0.5, 0.6) is 0 Å². The van der Waals surface area contributed by atoms with Crippen molar-refractivity contribution in [1.29, 1.82) is 0 Å². The van der Waals surface area contributed by atoms with Crippen molar-refractivity contribution in [2.45, 2.75) is 45.7 Å². The van der Waals surface area contributed by atoms with E-state index in [1.54, 1.807) is 0 Å². The van der Waals surface area contributed by atoms with E-state index in [1.165, 1.54) is 23.5 Å². The summed E-state index contributed by atoms with van der Waals surface area (Å²) in [6.07, 6.45) is 7.73. The van der Waals surface area contributed by atoms with Crippen LogP contribution in [0.15, 0.2) is 18.5 Å². The second-order valence-corrected chi connectivity index (χ2v) is 5.57. The van der Waals surface area contributed by atoms with E-state index in [4.69, 9.17) is 5.73 Å². The molecule has 0 bridgehead atoms. The highest BCUT2D eigenvalue weighted by Gasteiger charge is 2.02. The molecular weight excluding hydrogens is 216 g/mol. The Kier molecular flexibility index (Phi) is 6.65. The van der Waals surface area contributed by atoms with E-state index in [0.717, 1.165) is 19.4 Å². The lowest BCUT2D eigenvalue weighted by Gasteiger charge is -2.06. The summed E-state index contributed by atoms with van der Waals surface area (Å²) in [5.41, 5.74) is 7.31. The van der Waals surface area contributed by atoms with Crippen LogP contribution in [0.3, 0.4) is 0 Å². The van der Waals surface area contributed by atoms with Gasteiger partial charge in [0.25, 0.3) is 0 Å². The monoisotopic (exact) mass is 240 g/mol. The fourth-order valence-corrected chi connectivity index (χ4v) is 2.31. The number of aromatic nitrogens is 1. The molecule has 1 unspecified atom stereocenters. The van der Waals surface area contributed by atoms with Crippen LogP contribution in [-0.2, 0) is 13.0 Å². The SMILES string of the molecule is CCSCCCn1ccc(CC(N)CC)c1. The Hall–Kier alpha value is -0.410. The molecule has 16 heavy (non-hydrogen) atoms. The quantitative estimate of drug-likeness (QED) is 0.708. The third kappa shape index (κ3) is 5.08. The molecule has 0 spiro atoms. The van der Waals surface area contributed by atoms with Gasteiger partial charge in [0.1, 0.15) is 0 Å². The van der Waals surface area contributed by atoms with Crippen molar-refractivity contribution in [3.05, 3.63) is 24.0 Å². The van der Waals surface area contributed by atoms with Gasteiger partial charge in [-0.25, -0.2) is 0 Å². The van der Waals surface area contributed by atoms with Crippen molar-refractivity contribution in [3.63, 3.8) is 0 Å². The van der Waals surface area contributed by atoms with Gasteiger partial charge in [-0.15, -0.1) is 0 Å². The zero-order chi connectivity index (χ0) is 11.8. The highest BCUT2D eigenvalue weighted by molar-refractivity contribution is 7.99. The van der Waals surface area contributed by atoms with E-state index in [-0.39, 0.29) is 0 Å². The molecule has 92 valence electrons. The van der Waals surface area contributed by atoms with Crippen molar-refractivity contribution in [3.8, 4) is 0 Å². The van der Waals surface area contributed by atoms with Crippen LogP contribution < -0.4 is 5.73 Å². The molecule has 0 aliphatic carbocycles. The van der Waals surface area contributed by atoms with Gasteiger partial charge in [0.05, 0.1) is 0 Å². The van der Waals surface area contributed by atoms with Gasteiger partial charge < -0.3 is 10.3 Å². The number of hydrogen-bond acceptors (Lipinski definition) is 2. The second-order valence-electron chi connectivity index (χ2n) is 4.18. The molecule has 2 N–H and O–H groups in total. The summed E-state index contributed by atoms with van der Waals surface area (Å²) >= 11 is 2.02. The zero-order valence-electron chi connectivity index (χ0n) is 10.5. The summed E-state index contributed by atoms with van der Waals surface area (Å²) < 4.78 is 2.29. The molecule has 0 aliphatic rings. The third-order valence-corrected chi connectivity index (χ3v) is 3.73. The molecule has 1 heterocycles. The summed E-state index contributed by atoms with van der Waals surface area (Å²) in [6.45, 7) is 5.49. The molecule has 1 aromatic heterocycles. The van der Waals surface area contributed by atoms with Gasteiger partial charge in [0, 0.05) is 25.0 Å². The number of thioether (sulfide) groups is 1. The van der Waals surface area contributed by atoms with Crippen molar-refractivity contribution in [2.24, 2.45) is 5.73 Å². The summed E-state index contributed by atoms with van der Waals surface area (Å²) in [5, 5.41) is 0. The van der Waals surface area contributed by atoms with Crippen LogP contribution >= 0.6 is 11.8 Å². The molecule has 0 saturated heterocycles. The van der Waals surface area contributed by atoms with Crippen LogP contribution in [0.25, 0.3) is 0 Å². The van der Waals surface area contributed by atoms with E-state index < -0.39 is 0 Å². The average molecular weight is 240 g/mol. The summed E-state index contributed by atoms with van der Waals surface area (Å²) in [7, 11) is 0. The smallest absolute Gasteiger partial charge is 0.0227 e. The average Bonchev–Trinajstić information content (AvgIpc) is 2.72. The van der Waals surface area contributed by atoms with Gasteiger partial charge in [0.2, 0.25) is 0 Å². The lowest BCUT2D eigenvalue weighted by Crippen LogP contribution is -2.21. The molecule has 1 atom stereocenters. The maximum atomic E-state index is 5.94. The first kappa shape index (κ1) is 13.7. The molecular formula is C13H24N2S. The normalized spacial score (nSPS) is 12.9. The van der Waals surface area contributed by atoms with Crippen LogP contribution in [-0.4, -0.2) is 22.1 Å². The van der Waals surface area contributed by atoms with Crippen molar-refractivity contribution in [1.82, 2.24) is 4.57 Å². The first-order valence-electron chi connectivity index (χ1n) is 6.24. The minimum absolute atomic E-state index is 0.312. The minimum Gasteiger partial charge on any atom is -0.354 e. The number of nitrogens with two attached hydrogens (primary N) is 1. The maximum Gasteiger partial charge on any atom is 0.0227 e. The largest absolute Gasteiger partial charge is 0.354 e. The molecule has 1 aromatic rings. The fraction of sp³-hybridized carbons (Fsp3) is 0.692. The lowest BCUT2D eigenvalue weighted by atomic mass is 10.1. The van der Waals surface area contributed by atoms with Gasteiger partial charge in [-0.3, -0.25) is 0 Å². The third-order valence-electron chi connectivity index (χ3n) is 2.74. The Morgan fingerprint density at radius 1 is 1.44 bits per heavy atom. The van der Waals surface area contributed by atoms with Crippen LogP contribution in [0, 0.1) is 0 Å². The number of nitrogens with zero attached hydrogens (tertiary/aromatic N) is 1. The van der Waals surface area contributed by atoms with E-state index in [0.29, 0.717) is 6.04 Å². The molecule has 0 amide bonds. The van der Waals surface area contributed by atoms with Crippen molar-refractivity contribution in [2.75, 3.05) is 11.5 Å². The van der Waals surface area contributed by atoms with E-state index in [9.17, 15) is 0 Å². The van der Waals surface area contributed by atoms with Gasteiger partial charge in [-0.1, -0.05) is 13.8 Å². The molecule has 1 rings (SSSR count). The highest BCUT2D eigenvalue weighted by atomic mass is 32.2. The van der Waals surface area contributed by atoms with Gasteiger partial charge in [-0.2, -0.15) is 11.8 Å². The lowest BCUT2D eigenvalue weighted by molar-refractivity contribution is 0.641. The summed E-state index contributed by atoms with van der Waals surface area (Å²) in [4.78, 5) is 0. The molecule has 0 saturated carbocycles. The second kappa shape index (κ2) is 7.80. The molecule has 3 heteroatoms. The Bertz CT molecular complexity index is 283. The standard InChI is InChI=1S/C13H24N2S/c1-3-13(14)10-12-6-8-15(11-12)7-5-9-16-4-2/h6,8,11,13H,3-5,7,9-10,14H2,1-2H3. The van der Waals surface area contributed by atoms with Crippen LogP contribution in [0.2, 0.25) is 0 Å². The van der Waals surface area contributed by atoms with Gasteiger partial charge in [0.15, 0.2) is 0 Å². The molecule has 0 aromatic carbocycles. The van der Waals surface area contributed by atoms with E-state index in [2.05, 4.69) is 36.9 Å². The first-order valence-corrected chi connectivity index (χ1v) is 7.39. The molecule has 0 fully saturated rings. The van der Waals surface area contributed by atoms with Gasteiger partial charge in [-0.05, 0) is 42.4 Å². The van der Waals surface area contributed by atoms with E-state index >= 15 is 0 Å². The van der Waals surface area contributed by atoms with Crippen LogP contribution in [0.1, 0.15) is 32.3 Å². The number of hydrogen-bond donors (Lipinski definition) is 1. The predicted octanol–water partition coefficient (Wildman–Crippen LogP) is 2.91. The number of aryl methyl sites for hydroxylation is 1. The predicted molar refractivity (Wildman–Crippen MR) is 74.0 cm³/mol. The molecule has 2 nitrogen and oxygen atoms in total. The van der Waals surface area contributed by atoms with Crippen molar-refractivity contribution < 1.29 is 0 Å².